The van der Waals surface area contributed by atoms with Gasteiger partial charge in [-0.15, -0.1) is 12.4 Å². The average molecular weight is 314 g/mol. The summed E-state index contributed by atoms with van der Waals surface area (Å²) in [5.74, 6) is -3.88. The van der Waals surface area contributed by atoms with Crippen molar-refractivity contribution in [3.63, 3.8) is 0 Å². The van der Waals surface area contributed by atoms with Crippen LogP contribution in [0.5, 0.6) is 0 Å². The molecule has 0 atom stereocenters. The lowest BCUT2D eigenvalue weighted by Gasteiger charge is -2.31. The van der Waals surface area contributed by atoms with E-state index in [1.807, 2.05) is 4.90 Å². The third-order valence-corrected chi connectivity index (χ3v) is 2.80. The van der Waals surface area contributed by atoms with Crippen molar-refractivity contribution in [3.05, 3.63) is 12.2 Å². The Morgan fingerprint density at radius 2 is 1.75 bits per heavy atom. The molecule has 1 fully saturated rings. The Kier molecular flexibility index (Phi) is 8.33. The monoisotopic (exact) mass is 313 g/mol. The highest BCUT2D eigenvalue weighted by molar-refractivity contribution is 5.91. The van der Waals surface area contributed by atoms with E-state index in [-0.39, 0.29) is 31.9 Å². The summed E-state index contributed by atoms with van der Waals surface area (Å²) in [6.45, 7) is 1.11. The molecule has 0 radical (unpaired) electrons. The van der Waals surface area contributed by atoms with Gasteiger partial charge in [-0.3, -0.25) is 4.90 Å². The van der Waals surface area contributed by atoms with Gasteiger partial charge in [0.25, 0.3) is 5.92 Å². The van der Waals surface area contributed by atoms with Crippen LogP contribution in [0.1, 0.15) is 12.8 Å². The Labute approximate surface area is 122 Å². The van der Waals surface area contributed by atoms with Crippen molar-refractivity contribution in [2.75, 3.05) is 33.4 Å². The Bertz CT molecular complexity index is 353. The second kappa shape index (κ2) is 8.86. The first kappa shape index (κ1) is 18.8. The molecule has 0 unspecified atom stereocenters. The quantitative estimate of drug-likeness (QED) is 0.567. The number of ether oxygens (including phenoxy) is 2. The molecule has 1 heterocycles. The number of halogens is 3. The van der Waals surface area contributed by atoms with Crippen LogP contribution in [0.3, 0.4) is 0 Å². The van der Waals surface area contributed by atoms with E-state index < -0.39 is 17.9 Å². The zero-order chi connectivity index (χ0) is 14.3. The Balaban J connectivity index is 0.00000361. The van der Waals surface area contributed by atoms with Gasteiger partial charge >= 0.3 is 11.9 Å². The highest BCUT2D eigenvalue weighted by atomic mass is 35.5. The number of likely N-dealkylation sites (tertiary alicyclic amines) is 1. The van der Waals surface area contributed by atoms with E-state index in [0.717, 1.165) is 12.2 Å². The largest absolute Gasteiger partial charge is 0.466 e. The van der Waals surface area contributed by atoms with Gasteiger partial charge in [-0.05, 0) is 0 Å². The average Bonchev–Trinajstić information content (AvgIpc) is 2.38. The lowest BCUT2D eigenvalue weighted by molar-refractivity contribution is -0.140. The van der Waals surface area contributed by atoms with E-state index in [9.17, 15) is 18.4 Å². The number of hydrogen-bond donors (Lipinski definition) is 0. The Hall–Kier alpha value is -1.21. The first-order valence-corrected chi connectivity index (χ1v) is 5.96. The summed E-state index contributed by atoms with van der Waals surface area (Å²) in [6, 6.07) is 0. The summed E-state index contributed by atoms with van der Waals surface area (Å²) in [4.78, 5) is 23.7. The molecule has 8 heteroatoms. The maximum Gasteiger partial charge on any atom is 0.331 e. The number of hydrogen-bond acceptors (Lipinski definition) is 5. The zero-order valence-corrected chi connectivity index (χ0v) is 12.0. The number of methoxy groups -OCH3 is 1. The molecule has 116 valence electrons. The molecule has 1 aliphatic rings. The van der Waals surface area contributed by atoms with Crippen molar-refractivity contribution in [1.29, 1.82) is 0 Å². The van der Waals surface area contributed by atoms with Crippen LogP contribution in [0, 0.1) is 0 Å². The van der Waals surface area contributed by atoms with Crippen LogP contribution in [0.25, 0.3) is 0 Å². The molecule has 0 amide bonds. The smallest absolute Gasteiger partial charge is 0.331 e. The van der Waals surface area contributed by atoms with Crippen molar-refractivity contribution in [2.24, 2.45) is 0 Å². The number of rotatable bonds is 5. The van der Waals surface area contributed by atoms with Gasteiger partial charge in [-0.25, -0.2) is 18.4 Å². The second-order valence-corrected chi connectivity index (χ2v) is 4.22. The van der Waals surface area contributed by atoms with Crippen LogP contribution >= 0.6 is 12.4 Å². The fourth-order valence-corrected chi connectivity index (χ4v) is 1.63. The lowest BCUT2D eigenvalue weighted by atomic mass is 10.1. The predicted molar refractivity (Wildman–Crippen MR) is 70.0 cm³/mol. The Morgan fingerprint density at radius 3 is 2.30 bits per heavy atom. The van der Waals surface area contributed by atoms with Crippen molar-refractivity contribution in [2.45, 2.75) is 18.8 Å². The van der Waals surface area contributed by atoms with Gasteiger partial charge in [0.15, 0.2) is 0 Å². The zero-order valence-electron chi connectivity index (χ0n) is 11.1. The van der Waals surface area contributed by atoms with Crippen LogP contribution in [0.2, 0.25) is 0 Å². The topological polar surface area (TPSA) is 55.8 Å². The summed E-state index contributed by atoms with van der Waals surface area (Å²) in [6.07, 6.45) is 1.60. The third kappa shape index (κ3) is 7.40. The van der Waals surface area contributed by atoms with Crippen LogP contribution in [-0.2, 0) is 19.1 Å². The number of nitrogens with zero attached hydrogens (tertiary/aromatic N) is 1. The predicted octanol–water partition coefficient (Wildman–Crippen LogP) is 1.41. The molecule has 1 rings (SSSR count). The summed E-state index contributed by atoms with van der Waals surface area (Å²) in [5, 5.41) is 0. The molecular formula is C12H18ClF2NO4. The fourth-order valence-electron chi connectivity index (χ4n) is 1.63. The van der Waals surface area contributed by atoms with Gasteiger partial charge < -0.3 is 9.47 Å². The standard InChI is InChI=1S/C12H17F2NO4.ClH/c1-18-10(16)2-3-11(17)19-9-8-15-6-4-12(13,14)5-7-15;/h2-3H,4-9H2,1H3;1H. The molecule has 0 aliphatic carbocycles. The van der Waals surface area contributed by atoms with Gasteiger partial charge in [-0.2, -0.15) is 0 Å². The van der Waals surface area contributed by atoms with Crippen LogP contribution < -0.4 is 0 Å². The molecule has 0 aromatic rings. The maximum atomic E-state index is 12.9. The van der Waals surface area contributed by atoms with Crippen molar-refractivity contribution < 1.29 is 27.8 Å². The van der Waals surface area contributed by atoms with Crippen molar-refractivity contribution in [3.8, 4) is 0 Å². The summed E-state index contributed by atoms with van der Waals surface area (Å²) in [7, 11) is 1.20. The van der Waals surface area contributed by atoms with Gasteiger partial charge in [0.2, 0.25) is 0 Å². The van der Waals surface area contributed by atoms with Gasteiger partial charge in [0.1, 0.15) is 6.61 Å². The second-order valence-electron chi connectivity index (χ2n) is 4.22. The minimum atomic E-state index is -2.57. The maximum absolute atomic E-state index is 12.9. The van der Waals surface area contributed by atoms with E-state index in [0.29, 0.717) is 19.6 Å². The van der Waals surface area contributed by atoms with Crippen molar-refractivity contribution >= 4 is 24.3 Å². The van der Waals surface area contributed by atoms with Gasteiger partial charge in [-0.1, -0.05) is 0 Å². The molecule has 0 aromatic carbocycles. The lowest BCUT2D eigenvalue weighted by Crippen LogP contribution is -2.40. The first-order chi connectivity index (χ1) is 8.93. The molecule has 5 nitrogen and oxygen atoms in total. The molecule has 1 aliphatic heterocycles. The van der Waals surface area contributed by atoms with E-state index in [2.05, 4.69) is 4.74 Å². The van der Waals surface area contributed by atoms with Crippen LogP contribution in [0.4, 0.5) is 8.78 Å². The van der Waals surface area contributed by atoms with Crippen LogP contribution in [0.15, 0.2) is 12.2 Å². The minimum absolute atomic E-state index is 0. The fraction of sp³-hybridized carbons (Fsp3) is 0.667. The van der Waals surface area contributed by atoms with Crippen LogP contribution in [-0.4, -0.2) is 56.1 Å². The van der Waals surface area contributed by atoms with Crippen molar-refractivity contribution in [1.82, 2.24) is 4.90 Å². The van der Waals surface area contributed by atoms with Gasteiger partial charge in [0, 0.05) is 44.6 Å². The molecule has 20 heavy (non-hydrogen) atoms. The van der Waals surface area contributed by atoms with E-state index in [4.69, 9.17) is 4.74 Å². The van der Waals surface area contributed by atoms with E-state index >= 15 is 0 Å². The number of piperidine rings is 1. The highest BCUT2D eigenvalue weighted by Gasteiger charge is 2.33. The molecular weight excluding hydrogens is 296 g/mol. The minimum Gasteiger partial charge on any atom is -0.466 e. The number of carbonyl (C=O) groups is 2. The van der Waals surface area contributed by atoms with E-state index in [1.165, 1.54) is 7.11 Å². The summed E-state index contributed by atoms with van der Waals surface area (Å²) < 4.78 is 34.9. The molecule has 1 saturated heterocycles. The highest BCUT2D eigenvalue weighted by Crippen LogP contribution is 2.27. The normalized spacial score (nSPS) is 18.4. The molecule has 0 bridgehead atoms. The summed E-state index contributed by atoms with van der Waals surface area (Å²) >= 11 is 0. The molecule has 0 N–H and O–H groups in total. The van der Waals surface area contributed by atoms with Gasteiger partial charge in [0.05, 0.1) is 7.11 Å². The first-order valence-electron chi connectivity index (χ1n) is 5.96. The number of alkyl halides is 2. The number of carbonyl (C=O) groups excluding carboxylic acids is 2. The SMILES string of the molecule is COC(=O)C=CC(=O)OCCN1CCC(F)(F)CC1.Cl. The Morgan fingerprint density at radius 1 is 1.20 bits per heavy atom. The summed E-state index contributed by atoms with van der Waals surface area (Å²) in [5.41, 5.74) is 0. The number of esters is 2. The molecule has 0 saturated carbocycles. The third-order valence-electron chi connectivity index (χ3n) is 2.80. The van der Waals surface area contributed by atoms with E-state index in [1.54, 1.807) is 0 Å². The molecule has 0 spiro atoms. The molecule has 0 aromatic heterocycles.